The summed E-state index contributed by atoms with van der Waals surface area (Å²) in [5.74, 6) is -0.0922. The molecular formula is C23H24ClN3O2. The van der Waals surface area contributed by atoms with E-state index in [0.29, 0.717) is 27.7 Å². The van der Waals surface area contributed by atoms with Gasteiger partial charge in [-0.25, -0.2) is 4.68 Å². The Hall–Kier alpha value is -2.92. The zero-order valence-electron chi connectivity index (χ0n) is 17.2. The number of amides is 1. The second-order valence-electron chi connectivity index (χ2n) is 7.47. The summed E-state index contributed by atoms with van der Waals surface area (Å²) in [6, 6.07) is 12.9. The van der Waals surface area contributed by atoms with Crippen molar-refractivity contribution in [3.8, 4) is 16.8 Å². The Morgan fingerprint density at radius 3 is 2.28 bits per heavy atom. The van der Waals surface area contributed by atoms with E-state index in [0.717, 1.165) is 16.8 Å². The van der Waals surface area contributed by atoms with E-state index in [2.05, 4.69) is 10.4 Å². The fraction of sp³-hybridized carbons (Fsp3) is 0.261. The molecule has 0 fully saturated rings. The molecule has 0 aliphatic heterocycles. The predicted octanol–water partition coefficient (Wildman–Crippen LogP) is 5.07. The molecular weight excluding hydrogens is 386 g/mol. The Morgan fingerprint density at radius 2 is 1.69 bits per heavy atom. The first-order valence-corrected chi connectivity index (χ1v) is 9.85. The van der Waals surface area contributed by atoms with E-state index in [4.69, 9.17) is 11.6 Å². The number of nitrogens with one attached hydrogen (secondary N) is 1. The molecule has 6 heteroatoms. The lowest BCUT2D eigenvalue weighted by molar-refractivity contribution is -0.118. The summed E-state index contributed by atoms with van der Waals surface area (Å²) in [5, 5.41) is 7.99. The van der Waals surface area contributed by atoms with Crippen LogP contribution in [0.25, 0.3) is 16.8 Å². The molecule has 5 nitrogen and oxygen atoms in total. The van der Waals surface area contributed by atoms with Crippen LogP contribution in [0.1, 0.15) is 30.7 Å². The fourth-order valence-electron chi connectivity index (χ4n) is 2.94. The van der Waals surface area contributed by atoms with E-state index in [1.165, 1.54) is 0 Å². The third-order valence-corrected chi connectivity index (χ3v) is 5.14. The van der Waals surface area contributed by atoms with Gasteiger partial charge in [0, 0.05) is 10.9 Å². The molecule has 0 spiro atoms. The normalized spacial score (nSPS) is 11.0. The molecule has 2 aromatic carbocycles. The van der Waals surface area contributed by atoms with Gasteiger partial charge in [-0.2, -0.15) is 5.10 Å². The number of hydrogen-bond donors (Lipinski definition) is 1. The minimum absolute atomic E-state index is 0.192. The largest absolute Gasteiger partial charge is 0.310 e. The first-order valence-electron chi connectivity index (χ1n) is 9.47. The molecule has 0 aliphatic rings. The van der Waals surface area contributed by atoms with E-state index >= 15 is 0 Å². The van der Waals surface area contributed by atoms with Crippen molar-refractivity contribution in [1.82, 2.24) is 9.78 Å². The van der Waals surface area contributed by atoms with E-state index in [9.17, 15) is 9.59 Å². The van der Waals surface area contributed by atoms with Crippen LogP contribution in [0, 0.1) is 26.7 Å². The molecule has 3 aromatic rings. The van der Waals surface area contributed by atoms with Gasteiger partial charge in [0.1, 0.15) is 11.5 Å². The van der Waals surface area contributed by atoms with E-state index in [1.54, 1.807) is 49.7 Å². The lowest BCUT2D eigenvalue weighted by Crippen LogP contribution is -2.26. The second-order valence-corrected chi connectivity index (χ2v) is 7.91. The summed E-state index contributed by atoms with van der Waals surface area (Å²) in [7, 11) is 0. The molecule has 0 atom stereocenters. The molecule has 29 heavy (non-hydrogen) atoms. The summed E-state index contributed by atoms with van der Waals surface area (Å²) >= 11 is 6.03. The van der Waals surface area contributed by atoms with Crippen molar-refractivity contribution in [2.45, 2.75) is 34.6 Å². The maximum absolute atomic E-state index is 13.1. The molecule has 1 heterocycles. The fourth-order valence-corrected chi connectivity index (χ4v) is 3.07. The number of benzene rings is 2. The minimum atomic E-state index is -0.252. The molecule has 0 radical (unpaired) electrons. The molecule has 0 saturated carbocycles. The molecule has 1 amide bonds. The number of hydrogen-bond acceptors (Lipinski definition) is 3. The van der Waals surface area contributed by atoms with Crippen molar-refractivity contribution in [3.63, 3.8) is 0 Å². The summed E-state index contributed by atoms with van der Waals surface area (Å²) in [6.07, 6.45) is 0. The number of carbonyl (C=O) groups is 1. The zero-order valence-corrected chi connectivity index (χ0v) is 18.0. The van der Waals surface area contributed by atoms with Crippen LogP contribution < -0.4 is 10.7 Å². The molecule has 0 unspecified atom stereocenters. The van der Waals surface area contributed by atoms with Crippen LogP contribution in [0.2, 0.25) is 5.02 Å². The van der Waals surface area contributed by atoms with Crippen LogP contribution in [0.5, 0.6) is 0 Å². The quantitative estimate of drug-likeness (QED) is 0.654. The zero-order chi connectivity index (χ0) is 21.3. The summed E-state index contributed by atoms with van der Waals surface area (Å²) in [4.78, 5) is 25.6. The standard InChI is InChI=1S/C23H24ClN3O2/c1-13(2)23(29)25-22-20(17-7-9-18(24)10-8-17)21(28)16(5)26-27(22)19-11-6-14(3)15(4)12-19/h6-13H,1-5H3,(H,25,29). The molecule has 0 aliphatic carbocycles. The molecule has 150 valence electrons. The Morgan fingerprint density at radius 1 is 1.03 bits per heavy atom. The van der Waals surface area contributed by atoms with E-state index in [-0.39, 0.29) is 17.3 Å². The van der Waals surface area contributed by atoms with Gasteiger partial charge < -0.3 is 5.32 Å². The molecule has 0 saturated heterocycles. The highest BCUT2D eigenvalue weighted by Crippen LogP contribution is 2.29. The number of aryl methyl sites for hydroxylation is 3. The average Bonchev–Trinajstić information content (AvgIpc) is 2.68. The summed E-state index contributed by atoms with van der Waals surface area (Å²) in [6.45, 7) is 9.33. The van der Waals surface area contributed by atoms with Crippen molar-refractivity contribution < 1.29 is 4.79 Å². The first kappa shape index (κ1) is 20.8. The minimum Gasteiger partial charge on any atom is -0.310 e. The van der Waals surface area contributed by atoms with Crippen molar-refractivity contribution in [2.24, 2.45) is 5.92 Å². The Bertz CT molecular complexity index is 1130. The monoisotopic (exact) mass is 409 g/mol. The van der Waals surface area contributed by atoms with Crippen LogP contribution in [0.15, 0.2) is 47.3 Å². The molecule has 0 bridgehead atoms. The lowest BCUT2D eigenvalue weighted by Gasteiger charge is -2.19. The lowest BCUT2D eigenvalue weighted by atomic mass is 10.0. The van der Waals surface area contributed by atoms with Gasteiger partial charge in [-0.05, 0) is 61.7 Å². The molecule has 1 aromatic heterocycles. The van der Waals surface area contributed by atoms with Gasteiger partial charge in [0.25, 0.3) is 0 Å². The van der Waals surface area contributed by atoms with Crippen LogP contribution in [0.4, 0.5) is 5.82 Å². The number of carbonyl (C=O) groups excluding carboxylic acids is 1. The number of aromatic nitrogens is 2. The van der Waals surface area contributed by atoms with Crippen LogP contribution in [-0.4, -0.2) is 15.7 Å². The third kappa shape index (κ3) is 4.25. The summed E-state index contributed by atoms with van der Waals surface area (Å²) < 4.78 is 1.63. The van der Waals surface area contributed by atoms with E-state index in [1.807, 2.05) is 32.0 Å². The molecule has 3 rings (SSSR count). The smallest absolute Gasteiger partial charge is 0.228 e. The highest BCUT2D eigenvalue weighted by atomic mass is 35.5. The number of rotatable bonds is 4. The highest BCUT2D eigenvalue weighted by Gasteiger charge is 2.21. The van der Waals surface area contributed by atoms with Crippen molar-refractivity contribution in [3.05, 3.63) is 74.5 Å². The second kappa shape index (κ2) is 8.21. The van der Waals surface area contributed by atoms with Crippen LogP contribution in [0.3, 0.4) is 0 Å². The number of anilines is 1. The topological polar surface area (TPSA) is 64.0 Å². The van der Waals surface area contributed by atoms with Crippen molar-refractivity contribution in [1.29, 1.82) is 0 Å². The number of halogens is 1. The summed E-state index contributed by atoms with van der Waals surface area (Å²) in [5.41, 5.74) is 4.18. The van der Waals surface area contributed by atoms with E-state index < -0.39 is 0 Å². The maximum Gasteiger partial charge on any atom is 0.228 e. The van der Waals surface area contributed by atoms with Gasteiger partial charge in [0.05, 0.1) is 11.3 Å². The number of nitrogens with zero attached hydrogens (tertiary/aromatic N) is 2. The molecule has 1 N–H and O–H groups in total. The van der Waals surface area contributed by atoms with Gasteiger partial charge in [0.2, 0.25) is 11.3 Å². The van der Waals surface area contributed by atoms with Crippen molar-refractivity contribution >= 4 is 23.3 Å². The predicted molar refractivity (Wildman–Crippen MR) is 118 cm³/mol. The van der Waals surface area contributed by atoms with Gasteiger partial charge in [0.15, 0.2) is 0 Å². The van der Waals surface area contributed by atoms with Gasteiger partial charge in [-0.15, -0.1) is 0 Å². The first-order chi connectivity index (χ1) is 13.7. The van der Waals surface area contributed by atoms with Crippen molar-refractivity contribution in [2.75, 3.05) is 5.32 Å². The van der Waals surface area contributed by atoms with Crippen LogP contribution >= 0.6 is 11.6 Å². The Kier molecular flexibility index (Phi) is 5.89. The Labute approximate surface area is 175 Å². The average molecular weight is 410 g/mol. The highest BCUT2D eigenvalue weighted by molar-refractivity contribution is 6.30. The Balaban J connectivity index is 2.35. The van der Waals surface area contributed by atoms with Crippen LogP contribution in [-0.2, 0) is 4.79 Å². The maximum atomic E-state index is 13.1. The SMILES string of the molecule is Cc1ccc(-n2nc(C)c(=O)c(-c3ccc(Cl)cc3)c2NC(=O)C(C)C)cc1C. The van der Waals surface area contributed by atoms with Gasteiger partial charge >= 0.3 is 0 Å². The van der Waals surface area contributed by atoms with Gasteiger partial charge in [-0.3, -0.25) is 9.59 Å². The van der Waals surface area contributed by atoms with Gasteiger partial charge in [-0.1, -0.05) is 43.6 Å². The third-order valence-electron chi connectivity index (χ3n) is 4.89.